The third-order valence-corrected chi connectivity index (χ3v) is 0.421. The van der Waals surface area contributed by atoms with Gasteiger partial charge in [-0.05, 0) is 0 Å². The predicted octanol–water partition coefficient (Wildman–Crippen LogP) is -4.55. The maximum atomic E-state index is 8.17. The molecule has 0 rings (SSSR count). The van der Waals surface area contributed by atoms with Crippen LogP contribution in [0.1, 0.15) is 1.43 Å². The van der Waals surface area contributed by atoms with Crippen LogP contribution in [0.25, 0.3) is 0 Å². The maximum absolute atomic E-state index is 8.17. The molecule has 40 valence electrons. The molecule has 3 N–H and O–H groups in total. The van der Waals surface area contributed by atoms with Gasteiger partial charge in [0.25, 0.3) is 0 Å². The third-order valence-electron chi connectivity index (χ3n) is 0.421. The fourth-order valence-electron chi connectivity index (χ4n) is 0.0577. The first-order chi connectivity index (χ1) is 2.81. The van der Waals surface area contributed by atoms with Crippen LogP contribution in [0.4, 0.5) is 0 Å². The summed E-state index contributed by atoms with van der Waals surface area (Å²) in [6.07, 6.45) is -0.954. The first-order valence-electron chi connectivity index (χ1n) is 1.71. The van der Waals surface area contributed by atoms with Crippen LogP contribution in [0.3, 0.4) is 0 Å². The fraction of sp³-hybridized carbons (Fsp3) is 1.00. The molecular formula is C3H9NaO3. The molecule has 0 aliphatic rings. The van der Waals surface area contributed by atoms with E-state index in [0.717, 1.165) is 0 Å². The molecule has 0 aromatic heterocycles. The molecule has 0 saturated carbocycles. The molecule has 0 aliphatic heterocycles. The summed E-state index contributed by atoms with van der Waals surface area (Å²) in [6, 6.07) is 0. The van der Waals surface area contributed by atoms with Crippen LogP contribution in [0.5, 0.6) is 0 Å². The van der Waals surface area contributed by atoms with E-state index in [0.29, 0.717) is 0 Å². The SMILES string of the molecule is OCC(O)CO.[H-].[Na+]. The van der Waals surface area contributed by atoms with Gasteiger partial charge in [0.1, 0.15) is 6.10 Å². The van der Waals surface area contributed by atoms with Gasteiger partial charge in [0.05, 0.1) is 13.2 Å². The summed E-state index contributed by atoms with van der Waals surface area (Å²) >= 11 is 0. The first kappa shape index (κ1) is 10.8. The van der Waals surface area contributed by atoms with Gasteiger partial charge in [0.2, 0.25) is 0 Å². The zero-order valence-corrected chi connectivity index (χ0v) is 6.33. The van der Waals surface area contributed by atoms with E-state index in [4.69, 9.17) is 15.3 Å². The quantitative estimate of drug-likeness (QED) is 0.318. The number of hydrogen-bond acceptors (Lipinski definition) is 3. The van der Waals surface area contributed by atoms with Gasteiger partial charge in [0, 0.05) is 0 Å². The molecule has 0 amide bonds. The zero-order valence-electron chi connectivity index (χ0n) is 5.33. The molecule has 0 radical (unpaired) electrons. The van der Waals surface area contributed by atoms with E-state index in [1.807, 2.05) is 0 Å². The molecule has 0 saturated heterocycles. The van der Waals surface area contributed by atoms with Crippen LogP contribution in [0.2, 0.25) is 0 Å². The van der Waals surface area contributed by atoms with Gasteiger partial charge in [-0.2, -0.15) is 0 Å². The second kappa shape index (κ2) is 6.88. The van der Waals surface area contributed by atoms with Gasteiger partial charge >= 0.3 is 29.6 Å². The molecular weight excluding hydrogens is 107 g/mol. The summed E-state index contributed by atoms with van der Waals surface area (Å²) < 4.78 is 0. The van der Waals surface area contributed by atoms with Crippen molar-refractivity contribution in [1.29, 1.82) is 0 Å². The van der Waals surface area contributed by atoms with E-state index < -0.39 is 6.10 Å². The Hall–Kier alpha value is 0.880. The Labute approximate surface area is 65.8 Å². The molecule has 0 spiro atoms. The molecule has 7 heavy (non-hydrogen) atoms. The topological polar surface area (TPSA) is 60.7 Å². The van der Waals surface area contributed by atoms with E-state index in [-0.39, 0.29) is 44.2 Å². The molecule has 3 nitrogen and oxygen atoms in total. The summed E-state index contributed by atoms with van der Waals surface area (Å²) in [5, 5.41) is 24.0. The van der Waals surface area contributed by atoms with Crippen molar-refractivity contribution in [3.05, 3.63) is 0 Å². The van der Waals surface area contributed by atoms with Crippen LogP contribution in [-0.2, 0) is 0 Å². The van der Waals surface area contributed by atoms with Crippen molar-refractivity contribution in [1.82, 2.24) is 0 Å². The molecule has 0 aromatic rings. The van der Waals surface area contributed by atoms with E-state index in [9.17, 15) is 0 Å². The van der Waals surface area contributed by atoms with Crippen molar-refractivity contribution in [3.63, 3.8) is 0 Å². The van der Waals surface area contributed by atoms with Gasteiger partial charge in [-0.3, -0.25) is 0 Å². The normalized spacial score (nSPS) is 8.57. The van der Waals surface area contributed by atoms with Gasteiger partial charge in [-0.25, -0.2) is 0 Å². The Morgan fingerprint density at radius 2 is 1.57 bits per heavy atom. The van der Waals surface area contributed by atoms with Crippen LogP contribution in [0.15, 0.2) is 0 Å². The number of aliphatic hydroxyl groups is 3. The Kier molecular flexibility index (Phi) is 10.6. The van der Waals surface area contributed by atoms with E-state index in [2.05, 4.69) is 0 Å². The van der Waals surface area contributed by atoms with Crippen LogP contribution < -0.4 is 29.6 Å². The second-order valence-corrected chi connectivity index (χ2v) is 1.02. The number of aliphatic hydroxyl groups excluding tert-OH is 3. The summed E-state index contributed by atoms with van der Waals surface area (Å²) in [4.78, 5) is 0. The molecule has 0 unspecified atom stereocenters. The van der Waals surface area contributed by atoms with E-state index >= 15 is 0 Å². The summed E-state index contributed by atoms with van der Waals surface area (Å²) in [7, 11) is 0. The Balaban J connectivity index is -0.000000125. The number of hydrogen-bond donors (Lipinski definition) is 3. The average Bonchev–Trinajstić information content (AvgIpc) is 1.65. The Bertz CT molecular complexity index is 33.7. The van der Waals surface area contributed by atoms with Crippen molar-refractivity contribution < 1.29 is 46.3 Å². The standard InChI is InChI=1S/C3H8O3.Na.H/c4-1-3(6)2-5;;/h3-6H,1-2H2;;/q;+1;-1. The minimum absolute atomic E-state index is 0. The smallest absolute Gasteiger partial charge is 1.00 e. The van der Waals surface area contributed by atoms with Gasteiger partial charge < -0.3 is 16.7 Å². The molecule has 0 aromatic carbocycles. The van der Waals surface area contributed by atoms with Crippen molar-refractivity contribution in [2.24, 2.45) is 0 Å². The van der Waals surface area contributed by atoms with Gasteiger partial charge in [-0.15, -0.1) is 0 Å². The zero-order chi connectivity index (χ0) is 4.99. The van der Waals surface area contributed by atoms with Crippen molar-refractivity contribution in [3.8, 4) is 0 Å². The molecule has 0 atom stereocenters. The fourth-order valence-corrected chi connectivity index (χ4v) is 0.0577. The monoisotopic (exact) mass is 116 g/mol. The van der Waals surface area contributed by atoms with E-state index in [1.165, 1.54) is 0 Å². The molecule has 0 bridgehead atoms. The minimum Gasteiger partial charge on any atom is -1.00 e. The van der Waals surface area contributed by atoms with Crippen molar-refractivity contribution >= 4 is 0 Å². The van der Waals surface area contributed by atoms with Gasteiger partial charge in [-0.1, -0.05) is 0 Å². The van der Waals surface area contributed by atoms with Gasteiger partial charge in [0.15, 0.2) is 0 Å². The minimum atomic E-state index is -0.954. The third kappa shape index (κ3) is 6.88. The van der Waals surface area contributed by atoms with Crippen LogP contribution in [-0.4, -0.2) is 34.6 Å². The second-order valence-electron chi connectivity index (χ2n) is 1.02. The van der Waals surface area contributed by atoms with Crippen molar-refractivity contribution in [2.75, 3.05) is 13.2 Å². The van der Waals surface area contributed by atoms with Crippen LogP contribution >= 0.6 is 0 Å². The van der Waals surface area contributed by atoms with Crippen LogP contribution in [0, 0.1) is 0 Å². The largest absolute Gasteiger partial charge is 1.00 e. The average molecular weight is 116 g/mol. The maximum Gasteiger partial charge on any atom is 1.00 e. The molecule has 0 heterocycles. The summed E-state index contributed by atoms with van der Waals surface area (Å²) in [5.74, 6) is 0. The predicted molar refractivity (Wildman–Crippen MR) is 21.3 cm³/mol. The van der Waals surface area contributed by atoms with E-state index in [1.54, 1.807) is 0 Å². The summed E-state index contributed by atoms with van der Waals surface area (Å²) in [5.41, 5.74) is 0. The first-order valence-corrected chi connectivity index (χ1v) is 1.71. The molecule has 0 fully saturated rings. The summed E-state index contributed by atoms with van der Waals surface area (Å²) in [6.45, 7) is -0.729. The Morgan fingerprint density at radius 3 is 1.57 bits per heavy atom. The molecule has 4 heteroatoms. The van der Waals surface area contributed by atoms with Crippen molar-refractivity contribution in [2.45, 2.75) is 6.10 Å². The molecule has 0 aliphatic carbocycles. The number of rotatable bonds is 2. The Morgan fingerprint density at radius 1 is 1.29 bits per heavy atom.